The van der Waals surface area contributed by atoms with Gasteiger partial charge in [0.05, 0.1) is 31.0 Å². The molecule has 0 bridgehead atoms. The Kier molecular flexibility index (Phi) is 19.6. The molecule has 31 heteroatoms. The SMILES string of the molecule is Nc1ccc2c(S(=O)(=O)[O-])ccc(N)c2c1N=Nc1ccc(NC(=O)Nc2ccc(N=Nc3c(N)ccc4c(S(=O)(=O)[O-])ccc(N)c34)c(S(=O)(=O)[O-])c2)cc1S(=O)(=O)[O-].[Na+].[Na+].[Na+].[Na+]. The minimum Gasteiger partial charge on any atom is -0.744 e. The van der Waals surface area contributed by atoms with Gasteiger partial charge in [-0.15, -0.1) is 20.5 Å². The van der Waals surface area contributed by atoms with Crippen LogP contribution in [0, 0.1) is 0 Å². The predicted molar refractivity (Wildman–Crippen MR) is 211 cm³/mol. The smallest absolute Gasteiger partial charge is 0.744 e. The summed E-state index contributed by atoms with van der Waals surface area (Å²) >= 11 is 0. The molecule has 0 aliphatic heterocycles. The summed E-state index contributed by atoms with van der Waals surface area (Å²) in [6, 6.07) is 13.3. The van der Waals surface area contributed by atoms with Gasteiger partial charge in [0.15, 0.2) is 0 Å². The van der Waals surface area contributed by atoms with Crippen LogP contribution in [0.4, 0.5) is 61.7 Å². The van der Waals surface area contributed by atoms with Crippen molar-refractivity contribution in [2.45, 2.75) is 19.6 Å². The normalized spacial score (nSPS) is 11.9. The maximum absolute atomic E-state index is 12.9. The molecule has 0 radical (unpaired) electrons. The summed E-state index contributed by atoms with van der Waals surface area (Å²) in [5, 5.41) is 19.2. The van der Waals surface area contributed by atoms with Gasteiger partial charge in [0.25, 0.3) is 0 Å². The molecule has 64 heavy (non-hydrogen) atoms. The molecular weight excluding hydrogens is 965 g/mol. The van der Waals surface area contributed by atoms with Crippen molar-refractivity contribution in [2.24, 2.45) is 20.5 Å². The number of nitrogens with two attached hydrogens (primary N) is 4. The van der Waals surface area contributed by atoms with E-state index in [-0.39, 0.29) is 185 Å². The molecule has 0 fully saturated rings. The molecule has 23 nitrogen and oxygen atoms in total. The van der Waals surface area contributed by atoms with E-state index in [4.69, 9.17) is 22.9 Å². The summed E-state index contributed by atoms with van der Waals surface area (Å²) in [4.78, 5) is 9.62. The Hall–Kier alpha value is -2.85. The third-order valence-electron chi connectivity index (χ3n) is 8.38. The fourth-order valence-electron chi connectivity index (χ4n) is 5.79. The van der Waals surface area contributed by atoms with Crippen LogP contribution in [0.1, 0.15) is 0 Å². The molecule has 0 aromatic heterocycles. The molecule has 6 aromatic rings. The minimum atomic E-state index is -5.35. The number of fused-ring (bicyclic) bond motifs is 2. The molecule has 10 N–H and O–H groups in total. The van der Waals surface area contributed by atoms with Crippen molar-refractivity contribution < 1.29 is 175 Å². The monoisotopic (exact) mass is 988 g/mol. The number of azo groups is 2. The van der Waals surface area contributed by atoms with Gasteiger partial charge in [0, 0.05) is 44.3 Å². The average Bonchev–Trinajstić information content (AvgIpc) is 3.13. The third kappa shape index (κ3) is 12.8. The molecule has 0 aliphatic carbocycles. The second-order valence-electron chi connectivity index (χ2n) is 12.3. The van der Waals surface area contributed by atoms with Crippen LogP contribution >= 0.6 is 0 Å². The summed E-state index contributed by atoms with van der Waals surface area (Å²) in [5.41, 5.74) is 21.3. The van der Waals surface area contributed by atoms with Crippen molar-refractivity contribution in [3.05, 3.63) is 84.9 Å². The van der Waals surface area contributed by atoms with E-state index >= 15 is 0 Å². The van der Waals surface area contributed by atoms with E-state index in [9.17, 15) is 56.7 Å². The van der Waals surface area contributed by atoms with Crippen molar-refractivity contribution in [3.8, 4) is 0 Å². The van der Waals surface area contributed by atoms with Gasteiger partial charge in [0.2, 0.25) is 0 Å². The van der Waals surface area contributed by atoms with E-state index in [0.29, 0.717) is 12.1 Å². The zero-order chi connectivity index (χ0) is 44.1. The zero-order valence-electron chi connectivity index (χ0n) is 33.6. The Morgan fingerprint density at radius 1 is 0.422 bits per heavy atom. The van der Waals surface area contributed by atoms with Crippen LogP contribution < -0.4 is 152 Å². The molecule has 312 valence electrons. The summed E-state index contributed by atoms with van der Waals surface area (Å²) < 4.78 is 145. The van der Waals surface area contributed by atoms with Crippen molar-refractivity contribution in [1.29, 1.82) is 0 Å². The quantitative estimate of drug-likeness (QED) is 0.0321. The number of hydrogen-bond donors (Lipinski definition) is 6. The summed E-state index contributed by atoms with van der Waals surface area (Å²) in [6.45, 7) is 0. The van der Waals surface area contributed by atoms with Gasteiger partial charge in [0.1, 0.15) is 63.2 Å². The molecule has 6 aromatic carbocycles. The Balaban J connectivity index is 0.00000352. The van der Waals surface area contributed by atoms with Crippen molar-refractivity contribution in [3.63, 3.8) is 0 Å². The maximum Gasteiger partial charge on any atom is 1.00 e. The summed E-state index contributed by atoms with van der Waals surface area (Å²) in [7, 11) is -20.7. The topological polar surface area (TPSA) is 423 Å². The van der Waals surface area contributed by atoms with Crippen LogP contribution in [0.5, 0.6) is 0 Å². The summed E-state index contributed by atoms with van der Waals surface area (Å²) in [6.07, 6.45) is 0. The molecule has 0 saturated heterocycles. The average molecular weight is 989 g/mol. The molecular formula is C33H24N10Na4O13S4. The van der Waals surface area contributed by atoms with E-state index in [2.05, 4.69) is 31.1 Å². The molecule has 6 rings (SSSR count). The van der Waals surface area contributed by atoms with Gasteiger partial charge in [-0.05, 0) is 72.8 Å². The number of carbonyl (C=O) groups excluding carboxylic acids is 1. The number of carbonyl (C=O) groups is 1. The first-order valence-corrected chi connectivity index (χ1v) is 21.7. The standard InChI is InChI=1S/C33H28N10O13S4.4Na/c34-19-7-11-25(57(45,46)47)17-3-5-21(36)31(29(17)19)42-40-23-9-1-15(13-27(23)59(51,52)53)38-33(44)39-16-2-10-24(28(14-16)60(54,55)56)41-43-32-22(37)6-4-18-26(58(48,49)50)12-8-20(35)30(18)32;;;;/h1-14H,34-37H2,(H2,38,39,44)(H,45,46,47)(H,48,49,50)(H,51,52,53)(H,54,55,56);;;;/q;4*+1/p-4. The second-order valence-corrected chi connectivity index (χ2v) is 17.7. The molecule has 0 saturated carbocycles. The molecule has 0 unspecified atom stereocenters. The van der Waals surface area contributed by atoms with Gasteiger partial charge >= 0.3 is 124 Å². The third-order valence-corrected chi connectivity index (χ3v) is 11.9. The van der Waals surface area contributed by atoms with Gasteiger partial charge < -0.3 is 51.8 Å². The molecule has 0 heterocycles. The van der Waals surface area contributed by atoms with Crippen LogP contribution in [0.3, 0.4) is 0 Å². The van der Waals surface area contributed by atoms with Gasteiger partial charge in [-0.25, -0.2) is 38.5 Å². The van der Waals surface area contributed by atoms with E-state index in [0.717, 1.165) is 48.5 Å². The minimum absolute atomic E-state index is 0. The Bertz CT molecular complexity index is 3150. The predicted octanol–water partition coefficient (Wildman–Crippen LogP) is -7.57. The van der Waals surface area contributed by atoms with E-state index in [1.807, 2.05) is 0 Å². The first kappa shape index (κ1) is 57.3. The van der Waals surface area contributed by atoms with E-state index < -0.39 is 77.5 Å². The molecule has 0 aliphatic rings. The Labute approximate surface area is 452 Å². The second kappa shape index (κ2) is 21.8. The molecule has 2 amide bonds. The number of urea groups is 1. The van der Waals surface area contributed by atoms with Crippen LogP contribution in [-0.2, 0) is 40.5 Å². The van der Waals surface area contributed by atoms with Crippen LogP contribution in [0.25, 0.3) is 21.5 Å². The van der Waals surface area contributed by atoms with Crippen LogP contribution in [-0.4, -0.2) is 57.9 Å². The van der Waals surface area contributed by atoms with Crippen molar-refractivity contribution >= 4 is 125 Å². The van der Waals surface area contributed by atoms with Gasteiger partial charge in [-0.3, -0.25) is 0 Å². The van der Waals surface area contributed by atoms with Crippen LogP contribution in [0.2, 0.25) is 0 Å². The molecule has 0 spiro atoms. The Morgan fingerprint density at radius 3 is 1.05 bits per heavy atom. The van der Waals surface area contributed by atoms with Gasteiger partial charge in [-0.1, -0.05) is 12.1 Å². The zero-order valence-corrected chi connectivity index (χ0v) is 44.9. The maximum atomic E-state index is 12.9. The number of rotatable bonds is 10. The number of nitrogens with zero attached hydrogens (tertiary/aromatic N) is 4. The Morgan fingerprint density at radius 2 is 0.734 bits per heavy atom. The van der Waals surface area contributed by atoms with Gasteiger partial charge in [-0.2, -0.15) is 0 Å². The molecule has 0 atom stereocenters. The summed E-state index contributed by atoms with van der Waals surface area (Å²) in [5.74, 6) is 0. The first-order chi connectivity index (χ1) is 27.8. The number of amides is 2. The van der Waals surface area contributed by atoms with E-state index in [1.165, 1.54) is 24.3 Å². The number of nitrogens with one attached hydrogen (secondary N) is 2. The number of nitrogen functional groups attached to an aromatic ring is 4. The fraction of sp³-hybridized carbons (Fsp3) is 0. The largest absolute Gasteiger partial charge is 1.00 e. The van der Waals surface area contributed by atoms with Crippen molar-refractivity contribution in [1.82, 2.24) is 0 Å². The number of anilines is 6. The first-order valence-electron chi connectivity index (χ1n) is 16.1. The number of hydrogen-bond acceptors (Lipinski definition) is 21. The van der Waals surface area contributed by atoms with E-state index in [1.54, 1.807) is 0 Å². The fourth-order valence-corrected chi connectivity index (χ4v) is 8.41. The van der Waals surface area contributed by atoms with Crippen LogP contribution in [0.15, 0.2) is 125 Å². The van der Waals surface area contributed by atoms with Crippen molar-refractivity contribution in [2.75, 3.05) is 33.6 Å². The number of benzene rings is 6.